The van der Waals surface area contributed by atoms with E-state index in [0.29, 0.717) is 19.4 Å². The molecule has 0 spiro atoms. The third kappa shape index (κ3) is 7.05. The second-order valence-corrected chi connectivity index (χ2v) is 5.64. The molecule has 0 aromatic heterocycles. The van der Waals surface area contributed by atoms with Crippen molar-refractivity contribution >= 4 is 42.3 Å². The van der Waals surface area contributed by atoms with E-state index in [4.69, 9.17) is 5.73 Å². The number of likely N-dealkylation sites (N-methyl/N-ethyl adjacent to an activating group) is 1. The molecular weight excluding hydrogens is 351 g/mol. The second-order valence-electron chi connectivity index (χ2n) is 5.64. The molecule has 1 aromatic carbocycles. The van der Waals surface area contributed by atoms with E-state index in [2.05, 4.69) is 17.3 Å². The lowest BCUT2D eigenvalue weighted by Gasteiger charge is -2.32. The zero-order chi connectivity index (χ0) is 15.9. The quantitative estimate of drug-likeness (QED) is 0.807. The summed E-state index contributed by atoms with van der Waals surface area (Å²) in [6.07, 6.45) is 0.713. The van der Waals surface area contributed by atoms with Gasteiger partial charge in [0, 0.05) is 44.8 Å². The minimum Gasteiger partial charge on any atom is -0.340 e. The van der Waals surface area contributed by atoms with Gasteiger partial charge in [-0.05, 0) is 24.7 Å². The summed E-state index contributed by atoms with van der Waals surface area (Å²) in [5.41, 5.74) is 7.03. The minimum absolute atomic E-state index is 0. The Hall–Kier alpha value is -1.34. The first-order chi connectivity index (χ1) is 10.6. The van der Waals surface area contributed by atoms with Crippen LogP contribution >= 0.6 is 24.8 Å². The number of anilines is 1. The van der Waals surface area contributed by atoms with Crippen LogP contribution in [0.4, 0.5) is 5.69 Å². The van der Waals surface area contributed by atoms with Crippen LogP contribution in [0.5, 0.6) is 0 Å². The first-order valence-electron chi connectivity index (χ1n) is 7.63. The molecule has 0 radical (unpaired) electrons. The number of nitrogens with zero attached hydrogens (tertiary/aromatic N) is 2. The predicted octanol–water partition coefficient (Wildman–Crippen LogP) is 1.13. The molecule has 8 heteroatoms. The van der Waals surface area contributed by atoms with E-state index in [1.165, 1.54) is 0 Å². The molecule has 0 unspecified atom stereocenters. The predicted molar refractivity (Wildman–Crippen MR) is 101 cm³/mol. The molecule has 0 aliphatic carbocycles. The van der Waals surface area contributed by atoms with Gasteiger partial charge >= 0.3 is 0 Å². The molecule has 1 saturated heterocycles. The Morgan fingerprint density at radius 3 is 2.21 bits per heavy atom. The van der Waals surface area contributed by atoms with Crippen molar-refractivity contribution < 1.29 is 9.59 Å². The van der Waals surface area contributed by atoms with Gasteiger partial charge in [-0.25, -0.2) is 0 Å². The van der Waals surface area contributed by atoms with Gasteiger partial charge in [-0.2, -0.15) is 0 Å². The maximum absolute atomic E-state index is 12.2. The number of benzene rings is 1. The zero-order valence-electron chi connectivity index (χ0n) is 13.9. The minimum atomic E-state index is -0.0937. The summed E-state index contributed by atoms with van der Waals surface area (Å²) in [5, 5.41) is 2.77. The molecule has 1 aromatic rings. The molecule has 3 N–H and O–H groups in total. The summed E-state index contributed by atoms with van der Waals surface area (Å²) in [6.45, 7) is 3.78. The third-order valence-electron chi connectivity index (χ3n) is 3.82. The monoisotopic (exact) mass is 376 g/mol. The lowest BCUT2D eigenvalue weighted by molar-refractivity contribution is -0.132. The van der Waals surface area contributed by atoms with Gasteiger partial charge in [-0.15, -0.1) is 24.8 Å². The average molecular weight is 377 g/mol. The number of nitrogens with two attached hydrogens (primary N) is 1. The van der Waals surface area contributed by atoms with Crippen molar-refractivity contribution in [3.8, 4) is 0 Å². The molecule has 0 saturated carbocycles. The van der Waals surface area contributed by atoms with Crippen molar-refractivity contribution in [2.45, 2.75) is 12.8 Å². The molecule has 136 valence electrons. The number of rotatable bonds is 5. The maximum atomic E-state index is 12.2. The van der Waals surface area contributed by atoms with Crippen molar-refractivity contribution in [1.29, 1.82) is 0 Å². The number of hydrogen-bond donors (Lipinski definition) is 2. The smallest absolute Gasteiger partial charge is 0.227 e. The summed E-state index contributed by atoms with van der Waals surface area (Å²) in [6, 6.07) is 7.40. The number of carbonyl (C=O) groups excluding carboxylic acids is 2. The Bertz CT molecular complexity index is 517. The molecule has 1 heterocycles. The molecule has 24 heavy (non-hydrogen) atoms. The summed E-state index contributed by atoms with van der Waals surface area (Å²) in [7, 11) is 2.07. The van der Waals surface area contributed by atoms with Crippen LogP contribution in [0, 0.1) is 0 Å². The number of hydrogen-bond acceptors (Lipinski definition) is 4. The molecule has 0 bridgehead atoms. The van der Waals surface area contributed by atoms with Gasteiger partial charge in [0.05, 0.1) is 6.42 Å². The van der Waals surface area contributed by atoms with Gasteiger partial charge < -0.3 is 20.9 Å². The zero-order valence-corrected chi connectivity index (χ0v) is 15.5. The van der Waals surface area contributed by atoms with E-state index in [1.54, 1.807) is 0 Å². The number of amides is 2. The number of carbonyl (C=O) groups is 2. The number of nitrogens with one attached hydrogen (secondary N) is 1. The SMILES string of the molecule is CN1CCN(C(=O)Cc2ccc(NC(=O)CCN)cc2)CC1.Cl.Cl. The standard InChI is InChI=1S/C16H24N4O2.2ClH/c1-19-8-10-20(11-9-19)16(22)12-13-2-4-14(5-3-13)18-15(21)6-7-17;;/h2-5H,6-12,17H2,1H3,(H,18,21);2*1H. The van der Waals surface area contributed by atoms with E-state index >= 15 is 0 Å². The van der Waals surface area contributed by atoms with Crippen LogP contribution in [0.2, 0.25) is 0 Å². The van der Waals surface area contributed by atoms with Gasteiger partial charge in [0.25, 0.3) is 0 Å². The summed E-state index contributed by atoms with van der Waals surface area (Å²) >= 11 is 0. The molecule has 0 atom stereocenters. The van der Waals surface area contributed by atoms with Crippen LogP contribution in [-0.2, 0) is 16.0 Å². The lowest BCUT2D eigenvalue weighted by Crippen LogP contribution is -2.47. The van der Waals surface area contributed by atoms with Gasteiger partial charge in [0.15, 0.2) is 0 Å². The number of piperazine rings is 1. The van der Waals surface area contributed by atoms with E-state index in [0.717, 1.165) is 37.4 Å². The summed E-state index contributed by atoms with van der Waals surface area (Å²) in [4.78, 5) is 27.8. The van der Waals surface area contributed by atoms with Crippen LogP contribution in [0.3, 0.4) is 0 Å². The average Bonchev–Trinajstić information content (AvgIpc) is 2.50. The van der Waals surface area contributed by atoms with Crippen LogP contribution in [0.15, 0.2) is 24.3 Å². The molecule has 1 aliphatic rings. The maximum Gasteiger partial charge on any atom is 0.227 e. The Morgan fingerprint density at radius 2 is 1.67 bits per heavy atom. The highest BCUT2D eigenvalue weighted by molar-refractivity contribution is 5.90. The van der Waals surface area contributed by atoms with Crippen molar-refractivity contribution in [2.75, 3.05) is 45.1 Å². The topological polar surface area (TPSA) is 78.7 Å². The highest BCUT2D eigenvalue weighted by atomic mass is 35.5. The Morgan fingerprint density at radius 1 is 1.08 bits per heavy atom. The fourth-order valence-electron chi connectivity index (χ4n) is 2.40. The van der Waals surface area contributed by atoms with Crippen molar-refractivity contribution in [2.24, 2.45) is 5.73 Å². The van der Waals surface area contributed by atoms with Gasteiger partial charge in [-0.3, -0.25) is 9.59 Å². The molecule has 6 nitrogen and oxygen atoms in total. The van der Waals surface area contributed by atoms with Crippen molar-refractivity contribution in [3.63, 3.8) is 0 Å². The Kier molecular flexibility index (Phi) is 10.6. The van der Waals surface area contributed by atoms with Gasteiger partial charge in [-0.1, -0.05) is 12.1 Å². The second kappa shape index (κ2) is 11.3. The summed E-state index contributed by atoms with van der Waals surface area (Å²) in [5.74, 6) is 0.0665. The number of halogens is 2. The van der Waals surface area contributed by atoms with Crippen LogP contribution in [-0.4, -0.2) is 61.4 Å². The van der Waals surface area contributed by atoms with E-state index in [1.807, 2.05) is 29.2 Å². The fourth-order valence-corrected chi connectivity index (χ4v) is 2.40. The van der Waals surface area contributed by atoms with Gasteiger partial charge in [0.2, 0.25) is 11.8 Å². The van der Waals surface area contributed by atoms with Crippen LogP contribution < -0.4 is 11.1 Å². The highest BCUT2D eigenvalue weighted by Gasteiger charge is 2.18. The van der Waals surface area contributed by atoms with E-state index in [9.17, 15) is 9.59 Å². The highest BCUT2D eigenvalue weighted by Crippen LogP contribution is 2.12. The van der Waals surface area contributed by atoms with Crippen LogP contribution in [0.25, 0.3) is 0 Å². The molecule has 1 aliphatic heterocycles. The molecule has 2 rings (SSSR count). The first kappa shape index (κ1) is 22.7. The largest absolute Gasteiger partial charge is 0.340 e. The van der Waals surface area contributed by atoms with E-state index in [-0.39, 0.29) is 36.6 Å². The first-order valence-corrected chi connectivity index (χ1v) is 7.63. The molecule has 1 fully saturated rings. The third-order valence-corrected chi connectivity index (χ3v) is 3.82. The van der Waals surface area contributed by atoms with Crippen LogP contribution in [0.1, 0.15) is 12.0 Å². The van der Waals surface area contributed by atoms with Crippen molar-refractivity contribution in [1.82, 2.24) is 9.80 Å². The van der Waals surface area contributed by atoms with Crippen molar-refractivity contribution in [3.05, 3.63) is 29.8 Å². The Labute approximate surface area is 155 Å². The normalized spacial score (nSPS) is 14.3. The fraction of sp³-hybridized carbons (Fsp3) is 0.500. The summed E-state index contributed by atoms with van der Waals surface area (Å²) < 4.78 is 0. The van der Waals surface area contributed by atoms with E-state index < -0.39 is 0 Å². The van der Waals surface area contributed by atoms with Gasteiger partial charge in [0.1, 0.15) is 0 Å². The molecular formula is C16H26Cl2N4O2. The molecule has 2 amide bonds. The lowest BCUT2D eigenvalue weighted by atomic mass is 10.1. The Balaban J connectivity index is 0.00000264.